The van der Waals surface area contributed by atoms with Crippen molar-refractivity contribution in [2.45, 2.75) is 25.8 Å². The molecule has 0 spiro atoms. The molecule has 1 aromatic carbocycles. The Kier molecular flexibility index (Phi) is 2.93. The lowest BCUT2D eigenvalue weighted by atomic mass is 9.95. The highest BCUT2D eigenvalue weighted by Gasteiger charge is 2.19. The van der Waals surface area contributed by atoms with E-state index in [2.05, 4.69) is 0 Å². The summed E-state index contributed by atoms with van der Waals surface area (Å²) in [6, 6.07) is 3.56. The zero-order chi connectivity index (χ0) is 13.4. The summed E-state index contributed by atoms with van der Waals surface area (Å²) in [4.78, 5) is 11.7. The van der Waals surface area contributed by atoms with Gasteiger partial charge < -0.3 is 4.57 Å². The standard InChI is InChI=1S/C15H13F2NO/c16-12-5-4-11(14(17)6-12)8-18-7-10-2-1-3-15(19)13(10)9-18/h4-7,9H,1-3,8H2. The van der Waals surface area contributed by atoms with Crippen LogP contribution in [0.5, 0.6) is 0 Å². The van der Waals surface area contributed by atoms with Gasteiger partial charge in [0.15, 0.2) is 5.78 Å². The van der Waals surface area contributed by atoms with E-state index < -0.39 is 11.6 Å². The van der Waals surface area contributed by atoms with E-state index in [0.29, 0.717) is 18.5 Å². The molecule has 0 amide bonds. The molecule has 1 aromatic heterocycles. The maximum atomic E-state index is 13.6. The third-order valence-electron chi connectivity index (χ3n) is 3.48. The largest absolute Gasteiger partial charge is 0.349 e. The zero-order valence-electron chi connectivity index (χ0n) is 10.3. The smallest absolute Gasteiger partial charge is 0.164 e. The summed E-state index contributed by atoms with van der Waals surface area (Å²) >= 11 is 0. The number of carbonyl (C=O) groups is 1. The summed E-state index contributed by atoms with van der Waals surface area (Å²) in [7, 11) is 0. The molecule has 0 fully saturated rings. The molecule has 0 saturated carbocycles. The molecule has 1 heterocycles. The number of hydrogen-bond donors (Lipinski definition) is 0. The van der Waals surface area contributed by atoms with Crippen LogP contribution in [0.1, 0.15) is 34.3 Å². The lowest BCUT2D eigenvalue weighted by Crippen LogP contribution is -2.07. The van der Waals surface area contributed by atoms with Crippen molar-refractivity contribution in [3.8, 4) is 0 Å². The fourth-order valence-electron chi connectivity index (χ4n) is 2.52. The number of ketones is 1. The molecule has 0 N–H and O–H groups in total. The van der Waals surface area contributed by atoms with Crippen LogP contribution in [-0.2, 0) is 13.0 Å². The Hall–Kier alpha value is -1.97. The van der Waals surface area contributed by atoms with E-state index in [4.69, 9.17) is 0 Å². The number of fused-ring (bicyclic) bond motifs is 1. The fraction of sp³-hybridized carbons (Fsp3) is 0.267. The van der Waals surface area contributed by atoms with E-state index in [9.17, 15) is 13.6 Å². The highest BCUT2D eigenvalue weighted by atomic mass is 19.1. The van der Waals surface area contributed by atoms with Gasteiger partial charge in [-0.3, -0.25) is 4.79 Å². The predicted octanol–water partition coefficient (Wildman–Crippen LogP) is 3.33. The Morgan fingerprint density at radius 1 is 1.16 bits per heavy atom. The summed E-state index contributed by atoms with van der Waals surface area (Å²) in [5.74, 6) is -0.985. The first kappa shape index (κ1) is 12.1. The molecule has 0 saturated heterocycles. The van der Waals surface area contributed by atoms with E-state index in [0.717, 1.165) is 30.0 Å². The molecule has 2 nitrogen and oxygen atoms in total. The molecule has 4 heteroatoms. The Balaban J connectivity index is 1.89. The van der Waals surface area contributed by atoms with Crippen LogP contribution in [-0.4, -0.2) is 10.4 Å². The Bertz CT molecular complexity index is 646. The molecule has 0 radical (unpaired) electrons. The molecule has 19 heavy (non-hydrogen) atoms. The zero-order valence-corrected chi connectivity index (χ0v) is 10.3. The fourth-order valence-corrected chi connectivity index (χ4v) is 2.52. The van der Waals surface area contributed by atoms with E-state index in [1.54, 1.807) is 10.8 Å². The molecular weight excluding hydrogens is 248 g/mol. The van der Waals surface area contributed by atoms with Crippen LogP contribution in [0.4, 0.5) is 8.78 Å². The number of carbonyl (C=O) groups excluding carboxylic acids is 1. The normalized spacial score (nSPS) is 14.5. The first-order chi connectivity index (χ1) is 9.13. The van der Waals surface area contributed by atoms with E-state index in [1.807, 2.05) is 6.20 Å². The Morgan fingerprint density at radius 2 is 2.00 bits per heavy atom. The SMILES string of the molecule is O=C1CCCc2cn(Cc3ccc(F)cc3F)cc21. The van der Waals surface area contributed by atoms with Crippen LogP contribution in [0.3, 0.4) is 0 Å². The van der Waals surface area contributed by atoms with E-state index in [1.165, 1.54) is 12.1 Å². The van der Waals surface area contributed by atoms with Crippen LogP contribution in [0.2, 0.25) is 0 Å². The average molecular weight is 261 g/mol. The van der Waals surface area contributed by atoms with Crippen molar-refractivity contribution in [2.24, 2.45) is 0 Å². The van der Waals surface area contributed by atoms with Crippen LogP contribution >= 0.6 is 0 Å². The van der Waals surface area contributed by atoms with Crippen molar-refractivity contribution < 1.29 is 13.6 Å². The Morgan fingerprint density at radius 3 is 2.74 bits per heavy atom. The van der Waals surface area contributed by atoms with E-state index in [-0.39, 0.29) is 5.78 Å². The van der Waals surface area contributed by atoms with Gasteiger partial charge in [0.1, 0.15) is 11.6 Å². The molecule has 2 aromatic rings. The van der Waals surface area contributed by atoms with Gasteiger partial charge in [0.25, 0.3) is 0 Å². The summed E-state index contributed by atoms with van der Waals surface area (Å²) in [5.41, 5.74) is 2.19. The van der Waals surface area contributed by atoms with Crippen molar-refractivity contribution >= 4 is 5.78 Å². The quantitative estimate of drug-likeness (QED) is 0.812. The number of hydrogen-bond acceptors (Lipinski definition) is 1. The van der Waals surface area contributed by atoms with Gasteiger partial charge >= 0.3 is 0 Å². The minimum atomic E-state index is -0.580. The number of benzene rings is 1. The summed E-state index contributed by atoms with van der Waals surface area (Å²) in [6.07, 6.45) is 6.00. The highest BCUT2D eigenvalue weighted by Crippen LogP contribution is 2.23. The third-order valence-corrected chi connectivity index (χ3v) is 3.48. The third kappa shape index (κ3) is 2.30. The van der Waals surface area contributed by atoms with Crippen molar-refractivity contribution in [1.29, 1.82) is 0 Å². The minimum Gasteiger partial charge on any atom is -0.349 e. The number of Topliss-reactive ketones (excluding diaryl/α,β-unsaturated/α-hetero) is 1. The van der Waals surface area contributed by atoms with Gasteiger partial charge in [0.2, 0.25) is 0 Å². The average Bonchev–Trinajstić information content (AvgIpc) is 2.77. The van der Waals surface area contributed by atoms with Crippen molar-refractivity contribution in [1.82, 2.24) is 4.57 Å². The number of nitrogens with zero attached hydrogens (tertiary/aromatic N) is 1. The second-order valence-corrected chi connectivity index (χ2v) is 4.88. The molecule has 0 aliphatic heterocycles. The topological polar surface area (TPSA) is 22.0 Å². The van der Waals surface area contributed by atoms with Crippen molar-refractivity contribution in [3.05, 3.63) is 58.9 Å². The number of aryl methyl sites for hydroxylation is 1. The number of aromatic nitrogens is 1. The molecule has 1 aliphatic rings. The molecular formula is C15H13F2NO. The van der Waals surface area contributed by atoms with Crippen molar-refractivity contribution in [3.63, 3.8) is 0 Å². The lowest BCUT2D eigenvalue weighted by molar-refractivity contribution is 0.0973. The monoisotopic (exact) mass is 261 g/mol. The van der Waals surface area contributed by atoms with Crippen LogP contribution < -0.4 is 0 Å². The van der Waals surface area contributed by atoms with E-state index >= 15 is 0 Å². The summed E-state index contributed by atoms with van der Waals surface area (Å²) < 4.78 is 28.2. The second-order valence-electron chi connectivity index (χ2n) is 4.88. The molecule has 1 aliphatic carbocycles. The molecule has 98 valence electrons. The highest BCUT2D eigenvalue weighted by molar-refractivity contribution is 5.98. The van der Waals surface area contributed by atoms with Gasteiger partial charge in [0, 0.05) is 42.6 Å². The molecule has 0 unspecified atom stereocenters. The molecule has 3 rings (SSSR count). The molecule has 0 atom stereocenters. The van der Waals surface area contributed by atoms with Gasteiger partial charge in [-0.25, -0.2) is 8.78 Å². The molecule has 0 bridgehead atoms. The summed E-state index contributed by atoms with van der Waals surface area (Å²) in [5, 5.41) is 0. The van der Waals surface area contributed by atoms with Crippen LogP contribution in [0.15, 0.2) is 30.6 Å². The number of rotatable bonds is 2. The van der Waals surface area contributed by atoms with Gasteiger partial charge in [-0.1, -0.05) is 6.07 Å². The van der Waals surface area contributed by atoms with Gasteiger partial charge in [-0.05, 0) is 24.5 Å². The van der Waals surface area contributed by atoms with Gasteiger partial charge in [0.05, 0.1) is 0 Å². The summed E-state index contributed by atoms with van der Waals surface area (Å²) in [6.45, 7) is 0.312. The van der Waals surface area contributed by atoms with Crippen LogP contribution in [0.25, 0.3) is 0 Å². The van der Waals surface area contributed by atoms with Crippen LogP contribution in [0, 0.1) is 11.6 Å². The maximum absolute atomic E-state index is 13.6. The Labute approximate surface area is 109 Å². The van der Waals surface area contributed by atoms with Crippen molar-refractivity contribution in [2.75, 3.05) is 0 Å². The predicted molar refractivity (Wildman–Crippen MR) is 67.2 cm³/mol. The van der Waals surface area contributed by atoms with Gasteiger partial charge in [-0.15, -0.1) is 0 Å². The second kappa shape index (κ2) is 4.61. The van der Waals surface area contributed by atoms with Gasteiger partial charge in [-0.2, -0.15) is 0 Å². The number of halogens is 2. The lowest BCUT2D eigenvalue weighted by Gasteiger charge is -2.07. The first-order valence-electron chi connectivity index (χ1n) is 6.29. The first-order valence-corrected chi connectivity index (χ1v) is 6.29. The minimum absolute atomic E-state index is 0.152. The maximum Gasteiger partial charge on any atom is 0.164 e.